The minimum Gasteiger partial charge on any atom is -0.468 e. The Balaban J connectivity index is 2.35. The SMILES string of the molecule is CCCNCc1occc1COCC(F)(F)F. The average Bonchev–Trinajstić information content (AvgIpc) is 2.64. The van der Waals surface area contributed by atoms with Crippen molar-refractivity contribution in [2.24, 2.45) is 0 Å². The van der Waals surface area contributed by atoms with Crippen molar-refractivity contribution in [1.29, 1.82) is 0 Å². The van der Waals surface area contributed by atoms with Gasteiger partial charge in [0.05, 0.1) is 19.4 Å². The molecule has 0 aliphatic carbocycles. The first-order valence-electron chi connectivity index (χ1n) is 5.43. The Morgan fingerprint density at radius 2 is 2.18 bits per heavy atom. The highest BCUT2D eigenvalue weighted by molar-refractivity contribution is 5.15. The molecule has 1 aromatic heterocycles. The van der Waals surface area contributed by atoms with Crippen molar-refractivity contribution < 1.29 is 22.3 Å². The first-order chi connectivity index (χ1) is 8.03. The molecule has 1 aromatic rings. The molecule has 0 spiro atoms. The van der Waals surface area contributed by atoms with Crippen molar-refractivity contribution in [3.8, 4) is 0 Å². The smallest absolute Gasteiger partial charge is 0.411 e. The molecule has 0 atom stereocenters. The quantitative estimate of drug-likeness (QED) is 0.757. The maximum absolute atomic E-state index is 11.9. The van der Waals surface area contributed by atoms with Gasteiger partial charge in [0.1, 0.15) is 12.4 Å². The largest absolute Gasteiger partial charge is 0.468 e. The molecule has 0 radical (unpaired) electrons. The average molecular weight is 251 g/mol. The Bertz CT molecular complexity index is 323. The van der Waals surface area contributed by atoms with Gasteiger partial charge in [0, 0.05) is 5.56 Å². The van der Waals surface area contributed by atoms with Gasteiger partial charge in [-0.3, -0.25) is 0 Å². The first kappa shape index (κ1) is 14.1. The van der Waals surface area contributed by atoms with Crippen LogP contribution in [-0.2, 0) is 17.9 Å². The monoisotopic (exact) mass is 251 g/mol. The molecule has 98 valence electrons. The van der Waals surface area contributed by atoms with Gasteiger partial charge in [0.15, 0.2) is 0 Å². The number of nitrogens with one attached hydrogen (secondary N) is 1. The van der Waals surface area contributed by atoms with E-state index >= 15 is 0 Å². The van der Waals surface area contributed by atoms with Crippen LogP contribution in [0.2, 0.25) is 0 Å². The van der Waals surface area contributed by atoms with Gasteiger partial charge in [-0.1, -0.05) is 6.92 Å². The van der Waals surface area contributed by atoms with Crippen LogP contribution >= 0.6 is 0 Å². The van der Waals surface area contributed by atoms with Crippen LogP contribution in [0.5, 0.6) is 0 Å². The molecule has 0 fully saturated rings. The second-order valence-corrected chi connectivity index (χ2v) is 3.65. The summed E-state index contributed by atoms with van der Waals surface area (Å²) in [5.74, 6) is 0.626. The molecule has 17 heavy (non-hydrogen) atoms. The maximum atomic E-state index is 11.9. The van der Waals surface area contributed by atoms with Gasteiger partial charge in [0.25, 0.3) is 0 Å². The molecule has 1 N–H and O–H groups in total. The Hall–Kier alpha value is -1.01. The topological polar surface area (TPSA) is 34.4 Å². The fourth-order valence-electron chi connectivity index (χ4n) is 1.31. The zero-order chi connectivity index (χ0) is 12.7. The first-order valence-corrected chi connectivity index (χ1v) is 5.43. The normalized spacial score (nSPS) is 12.0. The van der Waals surface area contributed by atoms with Gasteiger partial charge in [-0.2, -0.15) is 13.2 Å². The lowest BCUT2D eigenvalue weighted by Gasteiger charge is -2.08. The third-order valence-electron chi connectivity index (χ3n) is 2.07. The lowest BCUT2D eigenvalue weighted by Crippen LogP contribution is -2.17. The van der Waals surface area contributed by atoms with Gasteiger partial charge in [-0.15, -0.1) is 0 Å². The van der Waals surface area contributed by atoms with E-state index in [0.717, 1.165) is 13.0 Å². The van der Waals surface area contributed by atoms with Crippen LogP contribution in [0.4, 0.5) is 13.2 Å². The molecule has 6 heteroatoms. The van der Waals surface area contributed by atoms with E-state index in [1.54, 1.807) is 6.07 Å². The number of rotatable bonds is 7. The number of ether oxygens (including phenoxy) is 1. The number of furan rings is 1. The lowest BCUT2D eigenvalue weighted by atomic mass is 10.2. The van der Waals surface area contributed by atoms with E-state index in [1.807, 2.05) is 6.92 Å². The minimum atomic E-state index is -4.29. The highest BCUT2D eigenvalue weighted by Gasteiger charge is 2.27. The van der Waals surface area contributed by atoms with Gasteiger partial charge in [-0.05, 0) is 19.0 Å². The van der Waals surface area contributed by atoms with Gasteiger partial charge >= 0.3 is 6.18 Å². The molecule has 1 rings (SSSR count). The molecular formula is C11H16F3NO2. The van der Waals surface area contributed by atoms with Crippen LogP contribution in [0.25, 0.3) is 0 Å². The summed E-state index contributed by atoms with van der Waals surface area (Å²) in [5, 5.41) is 3.11. The predicted octanol–water partition coefficient (Wildman–Crippen LogP) is 2.86. The fourth-order valence-corrected chi connectivity index (χ4v) is 1.31. The third kappa shape index (κ3) is 5.74. The summed E-state index contributed by atoms with van der Waals surface area (Å²) in [4.78, 5) is 0. The molecule has 0 saturated heterocycles. The van der Waals surface area contributed by atoms with Crippen molar-refractivity contribution in [2.75, 3.05) is 13.2 Å². The highest BCUT2D eigenvalue weighted by Crippen LogP contribution is 2.17. The molecule has 0 amide bonds. The van der Waals surface area contributed by atoms with Crippen LogP contribution in [0.1, 0.15) is 24.7 Å². The maximum Gasteiger partial charge on any atom is 0.411 e. The van der Waals surface area contributed by atoms with Crippen molar-refractivity contribution in [3.63, 3.8) is 0 Å². The number of alkyl halides is 3. The summed E-state index contributed by atoms with van der Waals surface area (Å²) < 4.78 is 45.4. The predicted molar refractivity (Wildman–Crippen MR) is 56.4 cm³/mol. The van der Waals surface area contributed by atoms with E-state index in [4.69, 9.17) is 4.42 Å². The summed E-state index contributed by atoms with van der Waals surface area (Å²) in [6.45, 7) is 2.05. The Kier molecular flexibility index (Phi) is 5.50. The van der Waals surface area contributed by atoms with E-state index < -0.39 is 12.8 Å². The van der Waals surface area contributed by atoms with Crippen LogP contribution < -0.4 is 5.32 Å². The minimum absolute atomic E-state index is 0.0842. The highest BCUT2D eigenvalue weighted by atomic mass is 19.4. The third-order valence-corrected chi connectivity index (χ3v) is 2.07. The van der Waals surface area contributed by atoms with Crippen molar-refractivity contribution in [2.45, 2.75) is 32.7 Å². The van der Waals surface area contributed by atoms with E-state index in [1.165, 1.54) is 6.26 Å². The standard InChI is InChI=1S/C11H16F3NO2/c1-2-4-15-6-10-9(3-5-17-10)7-16-8-11(12,13)14/h3,5,15H,2,4,6-8H2,1H3. The summed E-state index contributed by atoms with van der Waals surface area (Å²) >= 11 is 0. The van der Waals surface area contributed by atoms with Crippen LogP contribution in [0.3, 0.4) is 0 Å². The lowest BCUT2D eigenvalue weighted by molar-refractivity contribution is -0.176. The van der Waals surface area contributed by atoms with E-state index in [2.05, 4.69) is 10.1 Å². The number of hydrogen-bond acceptors (Lipinski definition) is 3. The Morgan fingerprint density at radius 1 is 1.41 bits per heavy atom. The summed E-state index contributed by atoms with van der Waals surface area (Å²) in [6, 6.07) is 1.62. The Morgan fingerprint density at radius 3 is 2.82 bits per heavy atom. The summed E-state index contributed by atoms with van der Waals surface area (Å²) in [7, 11) is 0. The van der Waals surface area contributed by atoms with Crippen LogP contribution in [0, 0.1) is 0 Å². The molecule has 1 heterocycles. The van der Waals surface area contributed by atoms with E-state index in [9.17, 15) is 13.2 Å². The van der Waals surface area contributed by atoms with Crippen molar-refractivity contribution in [1.82, 2.24) is 5.32 Å². The van der Waals surface area contributed by atoms with Crippen molar-refractivity contribution >= 4 is 0 Å². The van der Waals surface area contributed by atoms with Gasteiger partial charge in [0.2, 0.25) is 0 Å². The van der Waals surface area contributed by atoms with Crippen LogP contribution in [0.15, 0.2) is 16.7 Å². The molecule has 3 nitrogen and oxygen atoms in total. The molecule has 0 saturated carbocycles. The molecular weight excluding hydrogens is 235 g/mol. The zero-order valence-corrected chi connectivity index (χ0v) is 9.64. The van der Waals surface area contributed by atoms with E-state index in [0.29, 0.717) is 17.9 Å². The van der Waals surface area contributed by atoms with E-state index in [-0.39, 0.29) is 6.61 Å². The second-order valence-electron chi connectivity index (χ2n) is 3.65. The molecule has 0 aromatic carbocycles. The Labute approximate surface area is 97.9 Å². The van der Waals surface area contributed by atoms with Gasteiger partial charge < -0.3 is 14.5 Å². The zero-order valence-electron chi connectivity index (χ0n) is 9.64. The van der Waals surface area contributed by atoms with Crippen LogP contribution in [-0.4, -0.2) is 19.3 Å². The number of hydrogen-bond donors (Lipinski definition) is 1. The summed E-state index contributed by atoms with van der Waals surface area (Å²) in [5.41, 5.74) is 0.651. The number of halogens is 3. The molecule has 0 unspecified atom stereocenters. The van der Waals surface area contributed by atoms with Crippen molar-refractivity contribution in [3.05, 3.63) is 23.7 Å². The van der Waals surface area contributed by atoms with Gasteiger partial charge in [-0.25, -0.2) is 0 Å². The fraction of sp³-hybridized carbons (Fsp3) is 0.636. The molecule has 0 aliphatic rings. The molecule has 0 aliphatic heterocycles. The summed E-state index contributed by atoms with van der Waals surface area (Å²) in [6.07, 6.45) is -1.85. The second kappa shape index (κ2) is 6.66. The molecule has 0 bridgehead atoms.